The highest BCUT2D eigenvalue weighted by molar-refractivity contribution is 5.85. The lowest BCUT2D eigenvalue weighted by Crippen LogP contribution is -2.46. The molecule has 0 spiro atoms. The Kier molecular flexibility index (Phi) is 7.15. The zero-order valence-electron chi connectivity index (χ0n) is 14.5. The summed E-state index contributed by atoms with van der Waals surface area (Å²) in [5.74, 6) is 1.00. The minimum atomic E-state index is 0. The van der Waals surface area contributed by atoms with E-state index in [4.69, 9.17) is 0 Å². The third kappa shape index (κ3) is 4.53. The maximum absolute atomic E-state index is 4.37. The lowest BCUT2D eigenvalue weighted by Gasteiger charge is -2.37. The highest BCUT2D eigenvalue weighted by Gasteiger charge is 2.27. The highest BCUT2D eigenvalue weighted by atomic mass is 35.5. The Morgan fingerprint density at radius 2 is 1.79 bits per heavy atom. The first-order chi connectivity index (χ1) is 11.3. The second kappa shape index (κ2) is 9.11. The number of likely N-dealkylation sites (N-methyl/N-ethyl adjacent to an activating group) is 1. The zero-order valence-corrected chi connectivity index (χ0v) is 15.3. The van der Waals surface area contributed by atoms with E-state index in [0.29, 0.717) is 6.04 Å². The summed E-state index contributed by atoms with van der Waals surface area (Å²) in [4.78, 5) is 4.92. The lowest BCUT2D eigenvalue weighted by atomic mass is 10.1. The van der Waals surface area contributed by atoms with E-state index in [1.165, 1.54) is 5.56 Å². The Hall–Kier alpha value is -1.50. The van der Waals surface area contributed by atoms with Gasteiger partial charge in [-0.15, -0.1) is 17.5 Å². The second-order valence-corrected chi connectivity index (χ2v) is 6.32. The first kappa shape index (κ1) is 18.8. The number of piperazine rings is 1. The summed E-state index contributed by atoms with van der Waals surface area (Å²) in [6.07, 6.45) is 2.23. The summed E-state index contributed by atoms with van der Waals surface area (Å²) in [5, 5.41) is 12.6. The van der Waals surface area contributed by atoms with E-state index in [1.807, 2.05) is 10.7 Å². The van der Waals surface area contributed by atoms with E-state index in [1.54, 1.807) is 0 Å². The van der Waals surface area contributed by atoms with Gasteiger partial charge < -0.3 is 4.90 Å². The molecule has 2 heterocycles. The van der Waals surface area contributed by atoms with Gasteiger partial charge in [0.15, 0.2) is 5.82 Å². The number of rotatable bonds is 6. The minimum absolute atomic E-state index is 0. The molecule has 1 saturated heterocycles. The van der Waals surface area contributed by atoms with Crippen molar-refractivity contribution in [3.63, 3.8) is 0 Å². The van der Waals surface area contributed by atoms with Crippen molar-refractivity contribution in [3.8, 4) is 0 Å². The van der Waals surface area contributed by atoms with Gasteiger partial charge in [-0.05, 0) is 29.5 Å². The minimum Gasteiger partial charge on any atom is -0.304 e. The van der Waals surface area contributed by atoms with Gasteiger partial charge >= 0.3 is 0 Å². The Balaban J connectivity index is 0.00000208. The summed E-state index contributed by atoms with van der Waals surface area (Å²) in [6.45, 7) is 7.35. The van der Waals surface area contributed by atoms with Crippen molar-refractivity contribution in [2.24, 2.45) is 0 Å². The number of halogens is 1. The van der Waals surface area contributed by atoms with Crippen molar-refractivity contribution in [1.82, 2.24) is 30.0 Å². The summed E-state index contributed by atoms with van der Waals surface area (Å²) < 4.78 is 1.97. The van der Waals surface area contributed by atoms with Gasteiger partial charge in [0.2, 0.25) is 0 Å². The second-order valence-electron chi connectivity index (χ2n) is 6.32. The summed E-state index contributed by atoms with van der Waals surface area (Å²) >= 11 is 0. The van der Waals surface area contributed by atoms with Gasteiger partial charge in [0, 0.05) is 26.2 Å². The molecule has 6 nitrogen and oxygen atoms in total. The number of aromatic nitrogens is 4. The van der Waals surface area contributed by atoms with Crippen LogP contribution in [0.5, 0.6) is 0 Å². The molecule has 2 aromatic rings. The van der Waals surface area contributed by atoms with Crippen LogP contribution in [0.1, 0.15) is 37.2 Å². The fourth-order valence-corrected chi connectivity index (χ4v) is 3.20. The molecule has 7 heteroatoms. The number of benzene rings is 1. The van der Waals surface area contributed by atoms with Crippen molar-refractivity contribution in [3.05, 3.63) is 41.7 Å². The van der Waals surface area contributed by atoms with Crippen molar-refractivity contribution >= 4 is 12.4 Å². The standard InChI is InChI=1S/C17H26N6.ClH/c1-3-7-16(22-12-10-21(2)11-13-22)17-18-19-20-23(17)14-15-8-5-4-6-9-15;/h4-6,8-9,16H,3,7,10-14H2,1-2H3;1H. The molecule has 132 valence electrons. The first-order valence-corrected chi connectivity index (χ1v) is 8.50. The van der Waals surface area contributed by atoms with Crippen LogP contribution in [0.15, 0.2) is 30.3 Å². The van der Waals surface area contributed by atoms with Crippen LogP contribution in [-0.4, -0.2) is 63.2 Å². The molecular weight excluding hydrogens is 324 g/mol. The summed E-state index contributed by atoms with van der Waals surface area (Å²) in [6, 6.07) is 10.7. The van der Waals surface area contributed by atoms with Crippen molar-refractivity contribution in [1.29, 1.82) is 0 Å². The van der Waals surface area contributed by atoms with E-state index in [2.05, 4.69) is 63.6 Å². The van der Waals surface area contributed by atoms with Crippen molar-refractivity contribution < 1.29 is 0 Å². The van der Waals surface area contributed by atoms with Gasteiger partial charge in [0.1, 0.15) is 0 Å². The van der Waals surface area contributed by atoms with Crippen LogP contribution >= 0.6 is 12.4 Å². The largest absolute Gasteiger partial charge is 0.304 e. The molecule has 24 heavy (non-hydrogen) atoms. The average molecular weight is 351 g/mol. The van der Waals surface area contributed by atoms with E-state index < -0.39 is 0 Å². The molecule has 1 atom stereocenters. The van der Waals surface area contributed by atoms with Gasteiger partial charge in [0.05, 0.1) is 12.6 Å². The Labute approximate surface area is 150 Å². The van der Waals surface area contributed by atoms with E-state index in [-0.39, 0.29) is 12.4 Å². The molecule has 0 N–H and O–H groups in total. The molecule has 0 radical (unpaired) electrons. The van der Waals surface area contributed by atoms with Gasteiger partial charge in [-0.3, -0.25) is 4.90 Å². The number of hydrogen-bond donors (Lipinski definition) is 0. The lowest BCUT2D eigenvalue weighted by molar-refractivity contribution is 0.0996. The average Bonchev–Trinajstić information content (AvgIpc) is 3.02. The number of tetrazole rings is 1. The molecule has 1 unspecified atom stereocenters. The molecule has 3 rings (SSSR count). The Morgan fingerprint density at radius 1 is 1.08 bits per heavy atom. The highest BCUT2D eigenvalue weighted by Crippen LogP contribution is 2.25. The Morgan fingerprint density at radius 3 is 2.46 bits per heavy atom. The molecule has 1 aliphatic rings. The topological polar surface area (TPSA) is 50.1 Å². The predicted octanol–water partition coefficient (Wildman–Crippen LogP) is 2.23. The fraction of sp³-hybridized carbons (Fsp3) is 0.588. The van der Waals surface area contributed by atoms with Gasteiger partial charge in [-0.25, -0.2) is 4.68 Å². The van der Waals surface area contributed by atoms with Crippen LogP contribution < -0.4 is 0 Å². The third-order valence-corrected chi connectivity index (χ3v) is 4.57. The third-order valence-electron chi connectivity index (χ3n) is 4.57. The summed E-state index contributed by atoms with van der Waals surface area (Å²) in [5.41, 5.74) is 1.23. The van der Waals surface area contributed by atoms with Crippen LogP contribution in [0.25, 0.3) is 0 Å². The zero-order chi connectivity index (χ0) is 16.1. The van der Waals surface area contributed by atoms with Gasteiger partial charge in [0.25, 0.3) is 0 Å². The molecular formula is C17H27ClN6. The van der Waals surface area contributed by atoms with E-state index >= 15 is 0 Å². The summed E-state index contributed by atoms with van der Waals surface area (Å²) in [7, 11) is 2.19. The molecule has 0 aliphatic carbocycles. The van der Waals surface area contributed by atoms with E-state index in [0.717, 1.165) is 51.4 Å². The van der Waals surface area contributed by atoms with Crippen molar-refractivity contribution in [2.75, 3.05) is 33.2 Å². The maximum atomic E-state index is 4.37. The SMILES string of the molecule is CCCC(c1nnnn1Cc1ccccc1)N1CCN(C)CC1.Cl. The van der Waals surface area contributed by atoms with Crippen LogP contribution in [0.3, 0.4) is 0 Å². The molecule has 0 amide bonds. The fourth-order valence-electron chi connectivity index (χ4n) is 3.20. The van der Waals surface area contributed by atoms with Gasteiger partial charge in [-0.2, -0.15) is 0 Å². The molecule has 0 saturated carbocycles. The molecule has 1 fully saturated rings. The molecule has 0 bridgehead atoms. The number of hydrogen-bond acceptors (Lipinski definition) is 5. The smallest absolute Gasteiger partial charge is 0.168 e. The molecule has 1 aliphatic heterocycles. The Bertz CT molecular complexity index is 594. The van der Waals surface area contributed by atoms with E-state index in [9.17, 15) is 0 Å². The maximum Gasteiger partial charge on any atom is 0.168 e. The first-order valence-electron chi connectivity index (χ1n) is 8.50. The normalized spacial score (nSPS) is 17.4. The molecule has 1 aromatic heterocycles. The monoisotopic (exact) mass is 350 g/mol. The van der Waals surface area contributed by atoms with Crippen LogP contribution in [-0.2, 0) is 6.54 Å². The number of nitrogens with zero attached hydrogens (tertiary/aromatic N) is 6. The van der Waals surface area contributed by atoms with Crippen LogP contribution in [0, 0.1) is 0 Å². The van der Waals surface area contributed by atoms with Crippen LogP contribution in [0.4, 0.5) is 0 Å². The quantitative estimate of drug-likeness (QED) is 0.799. The van der Waals surface area contributed by atoms with Gasteiger partial charge in [-0.1, -0.05) is 43.7 Å². The van der Waals surface area contributed by atoms with Crippen LogP contribution in [0.2, 0.25) is 0 Å². The van der Waals surface area contributed by atoms with Crippen molar-refractivity contribution in [2.45, 2.75) is 32.4 Å². The predicted molar refractivity (Wildman–Crippen MR) is 97.3 cm³/mol. The molecule has 1 aromatic carbocycles.